The summed E-state index contributed by atoms with van der Waals surface area (Å²) < 4.78 is 5.16. The van der Waals surface area contributed by atoms with Crippen molar-refractivity contribution in [3.05, 3.63) is 28.8 Å². The normalized spacial score (nSPS) is 32.2. The number of carbonyl (C=O) groups is 1. The summed E-state index contributed by atoms with van der Waals surface area (Å²) in [7, 11) is 1.50. The molecule has 132 valence electrons. The van der Waals surface area contributed by atoms with Crippen molar-refractivity contribution in [2.45, 2.75) is 71.1 Å². The Morgan fingerprint density at radius 1 is 1.29 bits per heavy atom. The van der Waals surface area contributed by atoms with Crippen LogP contribution in [0.3, 0.4) is 0 Å². The van der Waals surface area contributed by atoms with Gasteiger partial charge in [0, 0.05) is 0 Å². The fourth-order valence-corrected chi connectivity index (χ4v) is 5.51. The van der Waals surface area contributed by atoms with Crippen LogP contribution in [0.1, 0.15) is 76.0 Å². The van der Waals surface area contributed by atoms with E-state index in [1.807, 2.05) is 0 Å². The lowest BCUT2D eigenvalue weighted by Crippen LogP contribution is -2.52. The van der Waals surface area contributed by atoms with Gasteiger partial charge in [0.05, 0.1) is 12.5 Å². The Kier molecular flexibility index (Phi) is 4.17. The standard InChI is InChI=1S/C21H30O3/c1-13(2)14-7-9-16-15(18(14)22)8-10-17-20(16,3)11-6-12-21(17,4)19(23)24-5/h7,9,13,17,22H,6,8,10-12H2,1-5H3/t17-,20-,21+/m1/s1. The number of aromatic hydroxyl groups is 1. The minimum atomic E-state index is -0.425. The maximum absolute atomic E-state index is 12.5. The fraction of sp³-hybridized carbons (Fsp3) is 0.667. The first-order chi connectivity index (χ1) is 11.3. The summed E-state index contributed by atoms with van der Waals surface area (Å²) >= 11 is 0. The second-order valence-electron chi connectivity index (χ2n) is 8.46. The molecule has 1 saturated carbocycles. The van der Waals surface area contributed by atoms with Gasteiger partial charge in [0.1, 0.15) is 5.75 Å². The predicted molar refractivity (Wildman–Crippen MR) is 95.3 cm³/mol. The molecule has 3 atom stereocenters. The molecule has 3 nitrogen and oxygen atoms in total. The maximum Gasteiger partial charge on any atom is 0.311 e. The molecule has 0 saturated heterocycles. The van der Waals surface area contributed by atoms with Crippen LogP contribution in [0.2, 0.25) is 0 Å². The summed E-state index contributed by atoms with van der Waals surface area (Å²) in [6.45, 7) is 8.59. The van der Waals surface area contributed by atoms with Gasteiger partial charge in [-0.15, -0.1) is 0 Å². The van der Waals surface area contributed by atoms with Gasteiger partial charge in [0.25, 0.3) is 0 Å². The van der Waals surface area contributed by atoms with Crippen LogP contribution >= 0.6 is 0 Å². The van der Waals surface area contributed by atoms with Crippen molar-refractivity contribution in [3.63, 3.8) is 0 Å². The summed E-state index contributed by atoms with van der Waals surface area (Å²) in [5.74, 6) is 0.980. The molecule has 2 aliphatic rings. The van der Waals surface area contributed by atoms with Crippen molar-refractivity contribution in [2.24, 2.45) is 11.3 Å². The van der Waals surface area contributed by atoms with Crippen LogP contribution < -0.4 is 0 Å². The predicted octanol–water partition coefficient (Wildman–Crippen LogP) is 4.70. The number of esters is 1. The smallest absolute Gasteiger partial charge is 0.311 e. The van der Waals surface area contributed by atoms with E-state index in [1.165, 1.54) is 12.7 Å². The summed E-state index contributed by atoms with van der Waals surface area (Å²) in [6, 6.07) is 4.29. The Hall–Kier alpha value is -1.51. The molecule has 0 aromatic heterocycles. The molecule has 0 unspecified atom stereocenters. The van der Waals surface area contributed by atoms with Crippen LogP contribution in [0.25, 0.3) is 0 Å². The lowest BCUT2D eigenvalue weighted by Gasteiger charge is -2.54. The van der Waals surface area contributed by atoms with Crippen molar-refractivity contribution in [1.82, 2.24) is 0 Å². The zero-order valence-electron chi connectivity index (χ0n) is 15.6. The minimum Gasteiger partial charge on any atom is -0.507 e. The molecule has 1 N–H and O–H groups in total. The first-order valence-electron chi connectivity index (χ1n) is 9.19. The third-order valence-corrected chi connectivity index (χ3v) is 6.82. The van der Waals surface area contributed by atoms with Crippen molar-refractivity contribution < 1.29 is 14.6 Å². The van der Waals surface area contributed by atoms with Gasteiger partial charge in [-0.2, -0.15) is 0 Å². The van der Waals surface area contributed by atoms with E-state index < -0.39 is 5.41 Å². The van der Waals surface area contributed by atoms with Crippen LogP contribution in [-0.4, -0.2) is 18.2 Å². The van der Waals surface area contributed by atoms with Crippen molar-refractivity contribution in [1.29, 1.82) is 0 Å². The number of hydrogen-bond donors (Lipinski definition) is 1. The maximum atomic E-state index is 12.5. The van der Waals surface area contributed by atoms with Gasteiger partial charge in [-0.1, -0.05) is 39.3 Å². The molecule has 2 aliphatic carbocycles. The summed E-state index contributed by atoms with van der Waals surface area (Å²) in [5.41, 5.74) is 2.89. The number of phenolic OH excluding ortho intramolecular Hbond substituents is 1. The average molecular weight is 330 g/mol. The molecule has 3 heteroatoms. The Morgan fingerprint density at radius 2 is 2.00 bits per heavy atom. The summed E-state index contributed by atoms with van der Waals surface area (Å²) in [4.78, 5) is 12.5. The average Bonchev–Trinajstić information content (AvgIpc) is 2.54. The molecular weight excluding hydrogens is 300 g/mol. The Morgan fingerprint density at radius 3 is 2.62 bits per heavy atom. The number of phenols is 1. The summed E-state index contributed by atoms with van der Waals surface area (Å²) in [5, 5.41) is 10.8. The molecule has 0 aliphatic heterocycles. The van der Waals surface area contributed by atoms with Gasteiger partial charge in [-0.3, -0.25) is 4.79 Å². The highest BCUT2D eigenvalue weighted by Gasteiger charge is 2.56. The molecule has 0 spiro atoms. The molecule has 0 bridgehead atoms. The molecular formula is C21H30O3. The number of benzene rings is 1. The number of ether oxygens (including phenoxy) is 1. The van der Waals surface area contributed by atoms with Gasteiger partial charge >= 0.3 is 5.97 Å². The zero-order valence-corrected chi connectivity index (χ0v) is 15.6. The van der Waals surface area contributed by atoms with E-state index in [9.17, 15) is 9.90 Å². The van der Waals surface area contributed by atoms with E-state index in [1.54, 1.807) is 0 Å². The van der Waals surface area contributed by atoms with E-state index in [4.69, 9.17) is 4.74 Å². The minimum absolute atomic E-state index is 0.0677. The fourth-order valence-electron chi connectivity index (χ4n) is 5.51. The SMILES string of the molecule is COC(=O)[C@@]1(C)CCC[C@]2(C)c3ccc(C(C)C)c(O)c3CC[C@@H]12. The molecule has 1 fully saturated rings. The van der Waals surface area contributed by atoms with Crippen molar-refractivity contribution >= 4 is 5.97 Å². The Bertz CT molecular complexity index is 663. The second-order valence-corrected chi connectivity index (χ2v) is 8.46. The number of fused-ring (bicyclic) bond motifs is 3. The monoisotopic (exact) mass is 330 g/mol. The van der Waals surface area contributed by atoms with Crippen molar-refractivity contribution in [2.75, 3.05) is 7.11 Å². The highest BCUT2D eigenvalue weighted by Crippen LogP contribution is 2.58. The first kappa shape index (κ1) is 17.3. The Balaban J connectivity index is 2.11. The lowest BCUT2D eigenvalue weighted by molar-refractivity contribution is -0.161. The Labute approximate surface area is 145 Å². The number of rotatable bonds is 2. The van der Waals surface area contributed by atoms with E-state index in [-0.39, 0.29) is 17.3 Å². The lowest BCUT2D eigenvalue weighted by atomic mass is 9.49. The van der Waals surface area contributed by atoms with Crippen LogP contribution in [0, 0.1) is 11.3 Å². The van der Waals surface area contributed by atoms with E-state index in [2.05, 4.69) is 39.8 Å². The number of methoxy groups -OCH3 is 1. The molecule has 3 rings (SSSR count). The zero-order chi connectivity index (χ0) is 17.7. The third kappa shape index (κ3) is 2.28. The number of hydrogen-bond acceptors (Lipinski definition) is 3. The van der Waals surface area contributed by atoms with Crippen molar-refractivity contribution in [3.8, 4) is 5.75 Å². The highest BCUT2D eigenvalue weighted by atomic mass is 16.5. The van der Waals surface area contributed by atoms with E-state index in [0.717, 1.165) is 43.2 Å². The van der Waals surface area contributed by atoms with Gasteiger partial charge in [-0.25, -0.2) is 0 Å². The van der Waals surface area contributed by atoms with E-state index >= 15 is 0 Å². The molecule has 1 aromatic carbocycles. The number of carbonyl (C=O) groups excluding carboxylic acids is 1. The van der Waals surface area contributed by atoms with Crippen LogP contribution in [0.5, 0.6) is 5.75 Å². The third-order valence-electron chi connectivity index (χ3n) is 6.82. The first-order valence-corrected chi connectivity index (χ1v) is 9.19. The summed E-state index contributed by atoms with van der Waals surface area (Å²) in [6.07, 6.45) is 4.76. The molecule has 0 amide bonds. The molecule has 0 radical (unpaired) electrons. The molecule has 0 heterocycles. The van der Waals surface area contributed by atoms with Gasteiger partial charge in [0.15, 0.2) is 0 Å². The van der Waals surface area contributed by atoms with Gasteiger partial charge in [0.2, 0.25) is 0 Å². The quantitative estimate of drug-likeness (QED) is 0.800. The van der Waals surface area contributed by atoms with E-state index in [0.29, 0.717) is 11.7 Å². The van der Waals surface area contributed by atoms with Gasteiger partial charge in [-0.05, 0) is 66.5 Å². The van der Waals surface area contributed by atoms with Crippen LogP contribution in [0.15, 0.2) is 12.1 Å². The molecule has 24 heavy (non-hydrogen) atoms. The van der Waals surface area contributed by atoms with Crippen LogP contribution in [-0.2, 0) is 21.4 Å². The second kappa shape index (κ2) is 5.79. The topological polar surface area (TPSA) is 46.5 Å². The molecule has 1 aromatic rings. The highest BCUT2D eigenvalue weighted by molar-refractivity contribution is 5.77. The largest absolute Gasteiger partial charge is 0.507 e. The van der Waals surface area contributed by atoms with Crippen LogP contribution in [0.4, 0.5) is 0 Å². The van der Waals surface area contributed by atoms with Gasteiger partial charge < -0.3 is 9.84 Å².